The highest BCUT2D eigenvalue weighted by Crippen LogP contribution is 2.40. The molecule has 1 aliphatic carbocycles. The Morgan fingerprint density at radius 2 is 1.59 bits per heavy atom. The molecule has 27 heavy (non-hydrogen) atoms. The number of fused-ring (bicyclic) bond motifs is 1. The van der Waals surface area contributed by atoms with Crippen molar-refractivity contribution in [2.24, 2.45) is 0 Å². The van der Waals surface area contributed by atoms with Crippen molar-refractivity contribution in [3.63, 3.8) is 0 Å². The number of benzene rings is 2. The Bertz CT molecular complexity index is 1240. The van der Waals surface area contributed by atoms with E-state index in [2.05, 4.69) is 14.7 Å². The molecule has 0 unspecified atom stereocenters. The molecule has 1 aliphatic rings. The van der Waals surface area contributed by atoms with Gasteiger partial charge in [0.05, 0.1) is 15.9 Å². The molecule has 3 aromatic rings. The minimum absolute atomic E-state index is 0.0754. The van der Waals surface area contributed by atoms with Gasteiger partial charge in [0.25, 0.3) is 10.0 Å². The van der Waals surface area contributed by atoms with E-state index in [1.54, 1.807) is 18.2 Å². The van der Waals surface area contributed by atoms with Crippen LogP contribution in [-0.2, 0) is 16.4 Å². The first-order valence-electron chi connectivity index (χ1n) is 8.79. The normalized spacial score (nSPS) is 14.4. The largest absolute Gasteiger partial charge is 0.316 e. The van der Waals surface area contributed by atoms with Crippen LogP contribution in [0, 0.1) is 0 Å². The number of anilines is 1. The summed E-state index contributed by atoms with van der Waals surface area (Å²) in [6.07, 6.45) is 2.82. The number of rotatable bonds is 5. The molecule has 140 valence electrons. The van der Waals surface area contributed by atoms with Crippen molar-refractivity contribution in [2.75, 3.05) is 4.72 Å². The molecule has 0 spiro atoms. The molecule has 1 heterocycles. The van der Waals surface area contributed by atoms with Crippen LogP contribution in [0.5, 0.6) is 0 Å². The van der Waals surface area contributed by atoms with Crippen LogP contribution in [0.15, 0.2) is 50.9 Å². The lowest BCUT2D eigenvalue weighted by atomic mass is 10.1. The number of H-pyrrole nitrogens is 2. The lowest BCUT2D eigenvalue weighted by Crippen LogP contribution is -2.29. The summed E-state index contributed by atoms with van der Waals surface area (Å²) in [7, 11) is -3.85. The van der Waals surface area contributed by atoms with Crippen LogP contribution < -0.4 is 15.8 Å². The van der Waals surface area contributed by atoms with Crippen LogP contribution >= 0.6 is 0 Å². The number of hydrogen-bond donors (Lipinski definition) is 3. The molecule has 0 bridgehead atoms. The zero-order chi connectivity index (χ0) is 19.2. The van der Waals surface area contributed by atoms with E-state index in [9.17, 15) is 18.0 Å². The molecule has 4 rings (SSSR count). The standard InChI is InChI=1S/C19H19N3O4S/c1-2-11-9-15-16(21-19(24)18(23)20-15)10-17(11)27(25,26)22-14-7-5-13(6-8-14)12-3-4-12/h5-10,12,22H,2-4H2,1H3,(H,20,23)(H,21,24). The Balaban J connectivity index is 1.75. The maximum Gasteiger partial charge on any atom is 0.314 e. The summed E-state index contributed by atoms with van der Waals surface area (Å²) in [5.74, 6) is 0.599. The van der Waals surface area contributed by atoms with Gasteiger partial charge in [0, 0.05) is 5.69 Å². The monoisotopic (exact) mass is 385 g/mol. The summed E-state index contributed by atoms with van der Waals surface area (Å²) in [5.41, 5.74) is 1.32. The van der Waals surface area contributed by atoms with Crippen LogP contribution in [0.1, 0.15) is 36.8 Å². The van der Waals surface area contributed by atoms with Crippen molar-refractivity contribution < 1.29 is 8.42 Å². The zero-order valence-electron chi connectivity index (χ0n) is 14.7. The fraction of sp³-hybridized carbons (Fsp3) is 0.263. The lowest BCUT2D eigenvalue weighted by Gasteiger charge is -2.13. The molecule has 1 fully saturated rings. The topological polar surface area (TPSA) is 112 Å². The van der Waals surface area contributed by atoms with Crippen LogP contribution in [-0.4, -0.2) is 18.4 Å². The van der Waals surface area contributed by atoms with Gasteiger partial charge >= 0.3 is 11.1 Å². The van der Waals surface area contributed by atoms with Crippen LogP contribution in [0.2, 0.25) is 0 Å². The van der Waals surface area contributed by atoms with Gasteiger partial charge in [-0.05, 0) is 60.6 Å². The molecule has 0 saturated heterocycles. The Hall–Kier alpha value is -2.87. The molecular weight excluding hydrogens is 366 g/mol. The van der Waals surface area contributed by atoms with Crippen molar-refractivity contribution in [3.8, 4) is 0 Å². The van der Waals surface area contributed by atoms with Gasteiger partial charge in [-0.25, -0.2) is 8.42 Å². The van der Waals surface area contributed by atoms with Gasteiger partial charge in [-0.15, -0.1) is 0 Å². The molecule has 0 aliphatic heterocycles. The quantitative estimate of drug-likeness (QED) is 0.586. The summed E-state index contributed by atoms with van der Waals surface area (Å²) in [6.45, 7) is 1.83. The molecule has 0 atom stereocenters. The van der Waals surface area contributed by atoms with E-state index in [0.29, 0.717) is 29.1 Å². The van der Waals surface area contributed by atoms with Crippen molar-refractivity contribution in [1.29, 1.82) is 0 Å². The first-order chi connectivity index (χ1) is 12.9. The number of aromatic nitrogens is 2. The summed E-state index contributed by atoms with van der Waals surface area (Å²) in [5, 5.41) is 0. The first kappa shape index (κ1) is 17.5. The van der Waals surface area contributed by atoms with E-state index in [4.69, 9.17) is 0 Å². The van der Waals surface area contributed by atoms with E-state index in [1.807, 2.05) is 19.1 Å². The van der Waals surface area contributed by atoms with E-state index in [1.165, 1.54) is 24.5 Å². The molecule has 1 aromatic heterocycles. The van der Waals surface area contributed by atoms with Crippen LogP contribution in [0.25, 0.3) is 11.0 Å². The summed E-state index contributed by atoms with van der Waals surface area (Å²) >= 11 is 0. The second kappa shape index (κ2) is 6.38. The average Bonchev–Trinajstić information content (AvgIpc) is 3.47. The number of aryl methyl sites for hydroxylation is 1. The van der Waals surface area contributed by atoms with Gasteiger partial charge in [0.1, 0.15) is 0 Å². The van der Waals surface area contributed by atoms with Crippen molar-refractivity contribution in [1.82, 2.24) is 9.97 Å². The smallest absolute Gasteiger partial charge is 0.314 e. The van der Waals surface area contributed by atoms with E-state index in [-0.39, 0.29) is 10.4 Å². The van der Waals surface area contributed by atoms with Gasteiger partial charge < -0.3 is 9.97 Å². The van der Waals surface area contributed by atoms with Gasteiger partial charge in [-0.1, -0.05) is 19.1 Å². The average molecular weight is 385 g/mol. The molecule has 8 heteroatoms. The first-order valence-corrected chi connectivity index (χ1v) is 10.3. The second-order valence-corrected chi connectivity index (χ2v) is 8.42. The number of hydrogen-bond acceptors (Lipinski definition) is 4. The van der Waals surface area contributed by atoms with E-state index < -0.39 is 21.1 Å². The predicted octanol–water partition coefficient (Wildman–Crippen LogP) is 2.46. The van der Waals surface area contributed by atoms with E-state index >= 15 is 0 Å². The molecule has 1 saturated carbocycles. The lowest BCUT2D eigenvalue weighted by molar-refractivity contribution is 0.600. The maximum atomic E-state index is 12.9. The third kappa shape index (κ3) is 3.40. The highest BCUT2D eigenvalue weighted by atomic mass is 32.2. The molecule has 7 nitrogen and oxygen atoms in total. The van der Waals surface area contributed by atoms with Gasteiger partial charge in [0.15, 0.2) is 0 Å². The minimum atomic E-state index is -3.85. The fourth-order valence-corrected chi connectivity index (χ4v) is 4.54. The van der Waals surface area contributed by atoms with Crippen molar-refractivity contribution in [3.05, 3.63) is 68.2 Å². The second-order valence-electron chi connectivity index (χ2n) is 6.77. The fourth-order valence-electron chi connectivity index (χ4n) is 3.17. The Morgan fingerprint density at radius 1 is 1.00 bits per heavy atom. The third-order valence-corrected chi connectivity index (χ3v) is 6.25. The van der Waals surface area contributed by atoms with Crippen molar-refractivity contribution in [2.45, 2.75) is 37.0 Å². The molecule has 0 radical (unpaired) electrons. The van der Waals surface area contributed by atoms with Gasteiger partial charge in [0.2, 0.25) is 0 Å². The Morgan fingerprint density at radius 3 is 2.15 bits per heavy atom. The third-order valence-electron chi connectivity index (χ3n) is 4.79. The van der Waals surface area contributed by atoms with Crippen LogP contribution in [0.3, 0.4) is 0 Å². The molecule has 3 N–H and O–H groups in total. The van der Waals surface area contributed by atoms with E-state index in [0.717, 1.165) is 0 Å². The molecule has 0 amide bonds. The summed E-state index contributed by atoms with van der Waals surface area (Å²) in [6, 6.07) is 10.4. The molecular formula is C19H19N3O4S. The highest BCUT2D eigenvalue weighted by Gasteiger charge is 2.24. The SMILES string of the molecule is CCc1cc2[nH]c(=O)c(=O)[nH]c2cc1S(=O)(=O)Nc1ccc(C2CC2)cc1. The maximum absolute atomic E-state index is 12.9. The Kier molecular flexibility index (Phi) is 4.15. The zero-order valence-corrected chi connectivity index (χ0v) is 15.5. The van der Waals surface area contributed by atoms with Gasteiger partial charge in [-0.3, -0.25) is 14.3 Å². The number of aromatic amines is 2. The Labute approximate surface area is 155 Å². The number of nitrogens with one attached hydrogen (secondary N) is 3. The minimum Gasteiger partial charge on any atom is -0.316 e. The summed E-state index contributed by atoms with van der Waals surface area (Å²) < 4.78 is 28.5. The summed E-state index contributed by atoms with van der Waals surface area (Å²) in [4.78, 5) is 28.0. The highest BCUT2D eigenvalue weighted by molar-refractivity contribution is 7.92. The predicted molar refractivity (Wildman–Crippen MR) is 104 cm³/mol. The van der Waals surface area contributed by atoms with Crippen LogP contribution in [0.4, 0.5) is 5.69 Å². The van der Waals surface area contributed by atoms with Crippen molar-refractivity contribution >= 4 is 26.7 Å². The van der Waals surface area contributed by atoms with Gasteiger partial charge in [-0.2, -0.15) is 0 Å². The number of sulfonamides is 1. The molecule has 2 aromatic carbocycles.